The van der Waals surface area contributed by atoms with Crippen molar-refractivity contribution in [1.82, 2.24) is 0 Å². The molecule has 0 spiro atoms. The van der Waals surface area contributed by atoms with E-state index in [1.54, 1.807) is 6.92 Å². The third-order valence-corrected chi connectivity index (χ3v) is 3.08. The minimum Gasteiger partial charge on any atom is -0.494 e. The molecule has 0 aliphatic carbocycles. The van der Waals surface area contributed by atoms with Crippen LogP contribution in [0.5, 0.6) is 5.75 Å². The summed E-state index contributed by atoms with van der Waals surface area (Å²) in [6, 6.07) is 5.95. The van der Waals surface area contributed by atoms with Gasteiger partial charge in [0.05, 0.1) is 6.61 Å². The Bertz CT molecular complexity index is 392. The van der Waals surface area contributed by atoms with E-state index in [4.69, 9.17) is 4.74 Å². The number of hydrogen-bond donors (Lipinski definition) is 0. The first-order valence-electron chi connectivity index (χ1n) is 5.64. The summed E-state index contributed by atoms with van der Waals surface area (Å²) >= 11 is 0. The molecule has 0 aliphatic rings. The highest BCUT2D eigenvalue weighted by Crippen LogP contribution is 2.28. The van der Waals surface area contributed by atoms with Gasteiger partial charge in [-0.2, -0.15) is 0 Å². The molecule has 0 aromatic heterocycles. The van der Waals surface area contributed by atoms with Gasteiger partial charge in [0.15, 0.2) is 0 Å². The lowest BCUT2D eigenvalue weighted by Crippen LogP contribution is -2.26. The Labute approximate surface area is 97.6 Å². The summed E-state index contributed by atoms with van der Waals surface area (Å²) in [6.07, 6.45) is 0. The standard InChI is InChI=1S/C14H20O2/c1-6-16-13-8-7-12(9-10(13)2)14(4,5)11(3)15/h7-9H,6H2,1-5H3. The van der Waals surface area contributed by atoms with Crippen LogP contribution < -0.4 is 4.74 Å². The van der Waals surface area contributed by atoms with Gasteiger partial charge < -0.3 is 4.74 Å². The highest BCUT2D eigenvalue weighted by Gasteiger charge is 2.26. The zero-order valence-electron chi connectivity index (χ0n) is 10.8. The van der Waals surface area contributed by atoms with E-state index in [9.17, 15) is 4.79 Å². The first-order valence-corrected chi connectivity index (χ1v) is 5.64. The van der Waals surface area contributed by atoms with E-state index in [1.807, 2.05) is 45.9 Å². The number of Topliss-reactive ketones (excluding diaryl/α,β-unsaturated/α-hetero) is 1. The van der Waals surface area contributed by atoms with Crippen molar-refractivity contribution in [1.29, 1.82) is 0 Å². The first-order chi connectivity index (χ1) is 7.39. The monoisotopic (exact) mass is 220 g/mol. The topological polar surface area (TPSA) is 26.3 Å². The number of benzene rings is 1. The second-order valence-electron chi connectivity index (χ2n) is 4.59. The maximum atomic E-state index is 11.6. The maximum absolute atomic E-state index is 11.6. The molecule has 0 saturated heterocycles. The summed E-state index contributed by atoms with van der Waals surface area (Å²) in [7, 11) is 0. The van der Waals surface area contributed by atoms with Gasteiger partial charge in [0.25, 0.3) is 0 Å². The van der Waals surface area contributed by atoms with Crippen molar-refractivity contribution in [2.45, 2.75) is 40.0 Å². The number of hydrogen-bond acceptors (Lipinski definition) is 2. The predicted molar refractivity (Wildman–Crippen MR) is 66.1 cm³/mol. The molecule has 2 nitrogen and oxygen atoms in total. The number of ketones is 1. The molecule has 2 heteroatoms. The maximum Gasteiger partial charge on any atom is 0.139 e. The van der Waals surface area contributed by atoms with Gasteiger partial charge >= 0.3 is 0 Å². The van der Waals surface area contributed by atoms with Crippen LogP contribution in [-0.2, 0) is 10.2 Å². The van der Waals surface area contributed by atoms with Crippen molar-refractivity contribution in [3.63, 3.8) is 0 Å². The number of carbonyl (C=O) groups excluding carboxylic acids is 1. The fourth-order valence-electron chi connectivity index (χ4n) is 1.56. The summed E-state index contributed by atoms with van der Waals surface area (Å²) in [5.41, 5.74) is 1.70. The summed E-state index contributed by atoms with van der Waals surface area (Å²) < 4.78 is 5.48. The van der Waals surface area contributed by atoms with Crippen LogP contribution in [0.2, 0.25) is 0 Å². The van der Waals surface area contributed by atoms with E-state index in [0.717, 1.165) is 16.9 Å². The van der Waals surface area contributed by atoms with Crippen LogP contribution in [-0.4, -0.2) is 12.4 Å². The van der Waals surface area contributed by atoms with Gasteiger partial charge in [-0.1, -0.05) is 12.1 Å². The molecule has 0 N–H and O–H groups in total. The lowest BCUT2D eigenvalue weighted by Gasteiger charge is -2.22. The molecule has 0 saturated carbocycles. The van der Waals surface area contributed by atoms with E-state index >= 15 is 0 Å². The average Bonchev–Trinajstić information content (AvgIpc) is 2.21. The second kappa shape index (κ2) is 4.69. The first kappa shape index (κ1) is 12.8. The largest absolute Gasteiger partial charge is 0.494 e. The number of aryl methyl sites for hydroxylation is 1. The minimum absolute atomic E-state index is 0.177. The summed E-state index contributed by atoms with van der Waals surface area (Å²) in [6.45, 7) is 10.2. The molecule has 0 radical (unpaired) electrons. The highest BCUT2D eigenvalue weighted by atomic mass is 16.5. The molecule has 0 bridgehead atoms. The Balaban J connectivity index is 3.10. The van der Waals surface area contributed by atoms with Gasteiger partial charge in [-0.3, -0.25) is 4.79 Å². The Morgan fingerprint density at radius 3 is 2.44 bits per heavy atom. The average molecular weight is 220 g/mol. The normalized spacial score (nSPS) is 11.3. The van der Waals surface area contributed by atoms with Crippen molar-refractivity contribution in [2.75, 3.05) is 6.61 Å². The molecule has 88 valence electrons. The minimum atomic E-state index is -0.421. The Morgan fingerprint density at radius 1 is 1.38 bits per heavy atom. The van der Waals surface area contributed by atoms with Crippen LogP contribution >= 0.6 is 0 Å². The van der Waals surface area contributed by atoms with Crippen LogP contribution in [0.3, 0.4) is 0 Å². The lowest BCUT2D eigenvalue weighted by molar-refractivity contribution is -0.121. The Kier molecular flexibility index (Phi) is 3.74. The van der Waals surface area contributed by atoms with Crippen LogP contribution in [0.1, 0.15) is 38.8 Å². The van der Waals surface area contributed by atoms with Crippen molar-refractivity contribution in [3.8, 4) is 5.75 Å². The van der Waals surface area contributed by atoms with Gasteiger partial charge in [0.1, 0.15) is 11.5 Å². The van der Waals surface area contributed by atoms with E-state index < -0.39 is 5.41 Å². The van der Waals surface area contributed by atoms with Crippen LogP contribution in [0.25, 0.3) is 0 Å². The Morgan fingerprint density at radius 2 is 2.00 bits per heavy atom. The number of carbonyl (C=O) groups is 1. The van der Waals surface area contributed by atoms with Crippen LogP contribution in [0, 0.1) is 6.92 Å². The molecular weight excluding hydrogens is 200 g/mol. The summed E-state index contributed by atoms with van der Waals surface area (Å²) in [4.78, 5) is 11.6. The van der Waals surface area contributed by atoms with E-state index in [0.29, 0.717) is 6.61 Å². The van der Waals surface area contributed by atoms with Gasteiger partial charge in [-0.05, 0) is 51.8 Å². The van der Waals surface area contributed by atoms with Gasteiger partial charge in [-0.25, -0.2) is 0 Å². The van der Waals surface area contributed by atoms with Gasteiger partial charge in [0, 0.05) is 5.41 Å². The molecule has 0 unspecified atom stereocenters. The molecule has 0 aliphatic heterocycles. The lowest BCUT2D eigenvalue weighted by atomic mass is 9.80. The SMILES string of the molecule is CCOc1ccc(C(C)(C)C(C)=O)cc1C. The smallest absolute Gasteiger partial charge is 0.139 e. The van der Waals surface area contributed by atoms with Crippen LogP contribution in [0.15, 0.2) is 18.2 Å². The van der Waals surface area contributed by atoms with Gasteiger partial charge in [-0.15, -0.1) is 0 Å². The number of ether oxygens (including phenoxy) is 1. The fourth-order valence-corrected chi connectivity index (χ4v) is 1.56. The predicted octanol–water partition coefficient (Wildman–Crippen LogP) is 3.26. The van der Waals surface area contributed by atoms with Crippen molar-refractivity contribution >= 4 is 5.78 Å². The van der Waals surface area contributed by atoms with E-state index in [1.165, 1.54) is 0 Å². The summed E-state index contributed by atoms with van der Waals surface area (Å²) in [5, 5.41) is 0. The second-order valence-corrected chi connectivity index (χ2v) is 4.59. The third kappa shape index (κ3) is 2.43. The zero-order valence-corrected chi connectivity index (χ0v) is 10.8. The van der Waals surface area contributed by atoms with Crippen molar-refractivity contribution in [2.24, 2.45) is 0 Å². The summed E-state index contributed by atoms with van der Waals surface area (Å²) in [5.74, 6) is 1.07. The Hall–Kier alpha value is -1.31. The fraction of sp³-hybridized carbons (Fsp3) is 0.500. The molecular formula is C14H20O2. The number of rotatable bonds is 4. The van der Waals surface area contributed by atoms with Gasteiger partial charge in [0.2, 0.25) is 0 Å². The highest BCUT2D eigenvalue weighted by molar-refractivity contribution is 5.87. The molecule has 0 heterocycles. The van der Waals surface area contributed by atoms with Crippen molar-refractivity contribution in [3.05, 3.63) is 29.3 Å². The molecule has 1 aromatic rings. The zero-order chi connectivity index (χ0) is 12.3. The van der Waals surface area contributed by atoms with E-state index in [2.05, 4.69) is 0 Å². The molecule has 0 amide bonds. The van der Waals surface area contributed by atoms with E-state index in [-0.39, 0.29) is 5.78 Å². The molecule has 1 rings (SSSR count). The quantitative estimate of drug-likeness (QED) is 0.778. The molecule has 0 fully saturated rings. The molecule has 0 atom stereocenters. The molecule has 16 heavy (non-hydrogen) atoms. The molecule has 1 aromatic carbocycles. The van der Waals surface area contributed by atoms with Crippen molar-refractivity contribution < 1.29 is 9.53 Å². The van der Waals surface area contributed by atoms with Crippen LogP contribution in [0.4, 0.5) is 0 Å². The third-order valence-electron chi connectivity index (χ3n) is 3.08.